The van der Waals surface area contributed by atoms with Crippen LogP contribution in [0.3, 0.4) is 0 Å². The van der Waals surface area contributed by atoms with Gasteiger partial charge in [0.1, 0.15) is 5.54 Å². The summed E-state index contributed by atoms with van der Waals surface area (Å²) >= 11 is 5.55. The van der Waals surface area contributed by atoms with Crippen LogP contribution in [0, 0.1) is 0 Å². The van der Waals surface area contributed by atoms with Gasteiger partial charge in [-0.1, -0.05) is 18.2 Å². The van der Waals surface area contributed by atoms with Crippen LogP contribution >= 0.6 is 11.6 Å². The first-order valence-electron chi connectivity index (χ1n) is 3.56. The number of aliphatic carboxylic acids is 1. The zero-order chi connectivity index (χ0) is 9.94. The van der Waals surface area contributed by atoms with Crippen molar-refractivity contribution in [2.75, 3.05) is 13.6 Å². The second-order valence-electron chi connectivity index (χ2n) is 3.24. The number of rotatable bonds is 4. The first-order valence-corrected chi connectivity index (χ1v) is 3.94. The Bertz CT molecular complexity index is 201. The Morgan fingerprint density at radius 2 is 2.08 bits per heavy atom. The van der Waals surface area contributed by atoms with E-state index >= 15 is 0 Å². The molecule has 12 heavy (non-hydrogen) atoms. The summed E-state index contributed by atoms with van der Waals surface area (Å²) in [6.07, 6.45) is 0. The van der Waals surface area contributed by atoms with E-state index in [0.29, 0.717) is 11.6 Å². The van der Waals surface area contributed by atoms with Crippen LogP contribution in [0.25, 0.3) is 0 Å². The number of nitrogens with zero attached hydrogens (tertiary/aromatic N) is 1. The standard InChI is InChI=1S/C8H14ClNO2/c1-6(9)5-10(4)8(2,3)7(11)12/h1,5H2,2-4H3,(H,11,12). The average Bonchev–Trinajstić information content (AvgIpc) is 1.85. The number of carbonyl (C=O) groups is 1. The summed E-state index contributed by atoms with van der Waals surface area (Å²) in [6, 6.07) is 0. The van der Waals surface area contributed by atoms with Gasteiger partial charge in [0.2, 0.25) is 0 Å². The van der Waals surface area contributed by atoms with Crippen molar-refractivity contribution < 1.29 is 9.90 Å². The molecule has 0 rings (SSSR count). The van der Waals surface area contributed by atoms with Crippen molar-refractivity contribution in [2.45, 2.75) is 19.4 Å². The predicted molar refractivity (Wildman–Crippen MR) is 49.3 cm³/mol. The SMILES string of the molecule is C=C(Cl)CN(C)C(C)(C)C(=O)O. The molecule has 0 heterocycles. The zero-order valence-corrected chi connectivity index (χ0v) is 8.35. The minimum atomic E-state index is -0.905. The van der Waals surface area contributed by atoms with Crippen LogP contribution in [0.5, 0.6) is 0 Å². The van der Waals surface area contributed by atoms with Crippen molar-refractivity contribution in [3.05, 3.63) is 11.6 Å². The summed E-state index contributed by atoms with van der Waals surface area (Å²) < 4.78 is 0. The maximum absolute atomic E-state index is 10.7. The molecule has 0 fully saturated rings. The molecule has 0 aliphatic rings. The molecule has 4 heteroatoms. The third-order valence-electron chi connectivity index (χ3n) is 1.89. The number of hydrogen-bond acceptors (Lipinski definition) is 2. The molecule has 0 atom stereocenters. The molecule has 0 aliphatic heterocycles. The van der Waals surface area contributed by atoms with Crippen molar-refractivity contribution in [1.29, 1.82) is 0 Å². The molecule has 3 nitrogen and oxygen atoms in total. The fourth-order valence-corrected chi connectivity index (χ4v) is 0.798. The van der Waals surface area contributed by atoms with E-state index in [1.807, 2.05) is 0 Å². The number of carboxylic acid groups (broad SMARTS) is 1. The van der Waals surface area contributed by atoms with Gasteiger partial charge < -0.3 is 5.11 Å². The van der Waals surface area contributed by atoms with Gasteiger partial charge in [0.25, 0.3) is 0 Å². The van der Waals surface area contributed by atoms with Crippen LogP contribution in [0.4, 0.5) is 0 Å². The molecule has 0 radical (unpaired) electrons. The lowest BCUT2D eigenvalue weighted by Gasteiger charge is -2.30. The van der Waals surface area contributed by atoms with Crippen LogP contribution in [0.2, 0.25) is 0 Å². The van der Waals surface area contributed by atoms with Crippen molar-refractivity contribution in [3.8, 4) is 0 Å². The number of hydrogen-bond donors (Lipinski definition) is 1. The molecular formula is C8H14ClNO2. The Hall–Kier alpha value is -0.540. The van der Waals surface area contributed by atoms with Gasteiger partial charge in [-0.05, 0) is 20.9 Å². The summed E-state index contributed by atoms with van der Waals surface area (Å²) in [6.45, 7) is 7.12. The van der Waals surface area contributed by atoms with Crippen molar-refractivity contribution in [1.82, 2.24) is 4.90 Å². The van der Waals surface area contributed by atoms with Gasteiger partial charge in [-0.25, -0.2) is 0 Å². The minimum Gasteiger partial charge on any atom is -0.480 e. The van der Waals surface area contributed by atoms with Crippen molar-refractivity contribution >= 4 is 17.6 Å². The highest BCUT2D eigenvalue weighted by Crippen LogP contribution is 2.14. The number of halogens is 1. The van der Waals surface area contributed by atoms with E-state index in [-0.39, 0.29) is 0 Å². The highest BCUT2D eigenvalue weighted by atomic mass is 35.5. The molecule has 0 spiro atoms. The van der Waals surface area contributed by atoms with Gasteiger partial charge in [-0.15, -0.1) is 0 Å². The van der Waals surface area contributed by atoms with E-state index < -0.39 is 11.5 Å². The Labute approximate surface area is 77.6 Å². The Balaban J connectivity index is 4.35. The number of likely N-dealkylation sites (N-methyl/N-ethyl adjacent to an activating group) is 1. The number of carboxylic acids is 1. The lowest BCUT2D eigenvalue weighted by Crippen LogP contribution is -2.48. The zero-order valence-electron chi connectivity index (χ0n) is 7.59. The molecular weight excluding hydrogens is 178 g/mol. The third-order valence-corrected chi connectivity index (χ3v) is 2.01. The summed E-state index contributed by atoms with van der Waals surface area (Å²) in [4.78, 5) is 12.4. The Kier molecular flexibility index (Phi) is 3.74. The Morgan fingerprint density at radius 1 is 1.67 bits per heavy atom. The first-order chi connectivity index (χ1) is 5.28. The quantitative estimate of drug-likeness (QED) is 0.733. The first kappa shape index (κ1) is 11.5. The van der Waals surface area contributed by atoms with E-state index in [1.54, 1.807) is 25.8 Å². The van der Waals surface area contributed by atoms with Gasteiger partial charge in [-0.2, -0.15) is 0 Å². The molecule has 0 unspecified atom stereocenters. The van der Waals surface area contributed by atoms with Gasteiger partial charge in [-0.3, -0.25) is 9.69 Å². The van der Waals surface area contributed by atoms with Gasteiger partial charge in [0, 0.05) is 11.6 Å². The smallest absolute Gasteiger partial charge is 0.323 e. The summed E-state index contributed by atoms with van der Waals surface area (Å²) in [7, 11) is 1.70. The molecule has 0 bridgehead atoms. The summed E-state index contributed by atoms with van der Waals surface area (Å²) in [5, 5.41) is 9.25. The molecule has 0 aliphatic carbocycles. The second kappa shape index (κ2) is 3.92. The van der Waals surface area contributed by atoms with E-state index in [1.165, 1.54) is 0 Å². The molecule has 0 saturated carbocycles. The molecule has 1 N–H and O–H groups in total. The second-order valence-corrected chi connectivity index (χ2v) is 3.77. The third kappa shape index (κ3) is 2.83. The lowest BCUT2D eigenvalue weighted by molar-refractivity contribution is -0.148. The van der Waals surface area contributed by atoms with Gasteiger partial charge in [0.05, 0.1) is 0 Å². The topological polar surface area (TPSA) is 40.5 Å². The van der Waals surface area contributed by atoms with Crippen LogP contribution < -0.4 is 0 Å². The molecule has 0 amide bonds. The lowest BCUT2D eigenvalue weighted by atomic mass is 10.0. The fraction of sp³-hybridized carbons (Fsp3) is 0.625. The average molecular weight is 192 g/mol. The van der Waals surface area contributed by atoms with E-state index in [4.69, 9.17) is 16.7 Å². The molecule has 70 valence electrons. The maximum atomic E-state index is 10.7. The molecule has 0 aromatic rings. The van der Waals surface area contributed by atoms with Crippen LogP contribution in [-0.4, -0.2) is 35.1 Å². The molecule has 0 aromatic carbocycles. The van der Waals surface area contributed by atoms with Gasteiger partial charge >= 0.3 is 5.97 Å². The maximum Gasteiger partial charge on any atom is 0.323 e. The van der Waals surface area contributed by atoms with E-state index in [9.17, 15) is 4.79 Å². The van der Waals surface area contributed by atoms with E-state index in [2.05, 4.69) is 6.58 Å². The van der Waals surface area contributed by atoms with Crippen LogP contribution in [-0.2, 0) is 4.79 Å². The largest absolute Gasteiger partial charge is 0.480 e. The minimum absolute atomic E-state index is 0.376. The Morgan fingerprint density at radius 3 is 2.33 bits per heavy atom. The predicted octanol–water partition coefficient (Wildman–Crippen LogP) is 1.53. The normalized spacial score (nSPS) is 11.8. The summed E-state index contributed by atoms with van der Waals surface area (Å²) in [5.41, 5.74) is -0.905. The van der Waals surface area contributed by atoms with Crippen LogP contribution in [0.1, 0.15) is 13.8 Å². The van der Waals surface area contributed by atoms with Gasteiger partial charge in [0.15, 0.2) is 0 Å². The highest BCUT2D eigenvalue weighted by Gasteiger charge is 2.31. The fourth-order valence-electron chi connectivity index (χ4n) is 0.618. The summed E-state index contributed by atoms with van der Waals surface area (Å²) in [5.74, 6) is -0.872. The van der Waals surface area contributed by atoms with Crippen LogP contribution in [0.15, 0.2) is 11.6 Å². The van der Waals surface area contributed by atoms with Crippen molar-refractivity contribution in [2.24, 2.45) is 0 Å². The van der Waals surface area contributed by atoms with E-state index in [0.717, 1.165) is 0 Å². The molecule has 0 aromatic heterocycles. The monoisotopic (exact) mass is 191 g/mol. The molecule has 0 saturated heterocycles. The highest BCUT2D eigenvalue weighted by molar-refractivity contribution is 6.29. The van der Waals surface area contributed by atoms with Crippen molar-refractivity contribution in [3.63, 3.8) is 0 Å².